The number of rotatable bonds is 9. The van der Waals surface area contributed by atoms with E-state index in [1.54, 1.807) is 0 Å². The maximum Gasteiger partial charge on any atom is 0.101 e. The van der Waals surface area contributed by atoms with Crippen LogP contribution >= 0.6 is 0 Å². The van der Waals surface area contributed by atoms with Crippen molar-refractivity contribution in [1.82, 2.24) is 19.2 Å². The van der Waals surface area contributed by atoms with Crippen LogP contribution in [-0.4, -0.2) is 19.2 Å². The number of fused-ring (bicyclic) bond motifs is 10. The van der Waals surface area contributed by atoms with Gasteiger partial charge in [-0.1, -0.05) is 237 Å². The van der Waals surface area contributed by atoms with E-state index in [0.717, 1.165) is 33.6 Å². The first-order valence-corrected chi connectivity index (χ1v) is 29.8. The molecule has 394 valence electrons. The molecule has 2 fully saturated rings. The summed E-state index contributed by atoms with van der Waals surface area (Å²) in [4.78, 5) is 0. The van der Waals surface area contributed by atoms with Gasteiger partial charge in [0, 0.05) is 56.2 Å². The number of benzene rings is 12. The van der Waals surface area contributed by atoms with Gasteiger partial charge in [-0.05, 0) is 154 Å². The molecule has 0 N–H and O–H groups in total. The SMILES string of the molecule is c1cc(-c2nn3c(C4CC4)cc4ccccc4c3c2-c2ccc3ccccc3c2)cc(-c2ccc(-c3cccc4cc(-c5c(-c6ccc(-c7cccc8ccccc78)cc6)nn6c(C7CC7)cc7ccccc7c56)ccc34)c3ccccc23)c1. The molecule has 0 aliphatic heterocycles. The Labute approximate surface area is 486 Å². The zero-order valence-corrected chi connectivity index (χ0v) is 46.2. The van der Waals surface area contributed by atoms with Crippen LogP contribution in [0.25, 0.3) is 154 Å². The fourth-order valence-corrected chi connectivity index (χ4v) is 14.0. The third-order valence-corrected chi connectivity index (χ3v) is 18.4. The van der Waals surface area contributed by atoms with Crippen LogP contribution in [0, 0.1) is 0 Å². The lowest BCUT2D eigenvalue weighted by molar-refractivity contribution is 0.866. The van der Waals surface area contributed by atoms with E-state index in [1.165, 1.54) is 157 Å². The summed E-state index contributed by atoms with van der Waals surface area (Å²) in [6.07, 6.45) is 4.76. The van der Waals surface area contributed by atoms with Crippen molar-refractivity contribution in [3.8, 4) is 78.1 Å². The Kier molecular flexibility index (Phi) is 10.4. The number of hydrogen-bond donors (Lipinski definition) is 0. The van der Waals surface area contributed by atoms with Gasteiger partial charge in [-0.2, -0.15) is 10.2 Å². The molecule has 0 bridgehead atoms. The second-order valence-electron chi connectivity index (χ2n) is 23.5. The highest BCUT2D eigenvalue weighted by molar-refractivity contribution is 6.13. The van der Waals surface area contributed by atoms with Crippen molar-refractivity contribution in [1.29, 1.82) is 0 Å². The highest BCUT2D eigenvalue weighted by Crippen LogP contribution is 2.49. The topological polar surface area (TPSA) is 34.6 Å². The molecule has 4 nitrogen and oxygen atoms in total. The summed E-state index contributed by atoms with van der Waals surface area (Å²) in [6.45, 7) is 0. The minimum atomic E-state index is 0.503. The van der Waals surface area contributed by atoms with Crippen LogP contribution in [0.5, 0.6) is 0 Å². The molecule has 12 aromatic carbocycles. The van der Waals surface area contributed by atoms with Gasteiger partial charge < -0.3 is 0 Å². The molecule has 0 saturated heterocycles. The Bertz CT molecular complexity index is 5390. The molecule has 0 spiro atoms. The highest BCUT2D eigenvalue weighted by Gasteiger charge is 2.32. The van der Waals surface area contributed by atoms with E-state index in [0.29, 0.717) is 11.8 Å². The van der Waals surface area contributed by atoms with Gasteiger partial charge in [-0.3, -0.25) is 0 Å². The van der Waals surface area contributed by atoms with Crippen LogP contribution in [0.3, 0.4) is 0 Å². The van der Waals surface area contributed by atoms with E-state index in [2.05, 4.69) is 276 Å². The maximum atomic E-state index is 5.65. The average molecular weight is 1070 g/mol. The Morgan fingerprint density at radius 2 is 0.667 bits per heavy atom. The first-order chi connectivity index (χ1) is 41.6. The first-order valence-electron chi connectivity index (χ1n) is 29.8. The molecular formula is C80H54N4. The monoisotopic (exact) mass is 1070 g/mol. The van der Waals surface area contributed by atoms with Crippen molar-refractivity contribution in [2.75, 3.05) is 0 Å². The van der Waals surface area contributed by atoms with Gasteiger partial charge in [0.25, 0.3) is 0 Å². The summed E-state index contributed by atoms with van der Waals surface area (Å²) in [6, 6.07) is 99.2. The van der Waals surface area contributed by atoms with Gasteiger partial charge in [-0.25, -0.2) is 9.03 Å². The lowest BCUT2D eigenvalue weighted by Crippen LogP contribution is -1.98. The smallest absolute Gasteiger partial charge is 0.101 e. The van der Waals surface area contributed by atoms with Gasteiger partial charge in [0.15, 0.2) is 0 Å². The third-order valence-electron chi connectivity index (χ3n) is 18.4. The largest absolute Gasteiger partial charge is 0.236 e. The van der Waals surface area contributed by atoms with E-state index in [4.69, 9.17) is 10.2 Å². The van der Waals surface area contributed by atoms with Crippen molar-refractivity contribution in [3.63, 3.8) is 0 Å². The van der Waals surface area contributed by atoms with Crippen molar-refractivity contribution in [2.24, 2.45) is 0 Å². The molecule has 16 aromatic rings. The average Bonchev–Trinajstić information content (AvgIpc) is 4.22. The molecule has 0 unspecified atom stereocenters. The molecule has 2 saturated carbocycles. The van der Waals surface area contributed by atoms with Gasteiger partial charge in [0.1, 0.15) is 11.4 Å². The van der Waals surface area contributed by atoms with Crippen molar-refractivity contribution in [3.05, 3.63) is 278 Å². The molecule has 18 rings (SSSR count). The number of hydrogen-bond acceptors (Lipinski definition) is 2. The van der Waals surface area contributed by atoms with Gasteiger partial charge in [-0.15, -0.1) is 0 Å². The minimum absolute atomic E-state index is 0.503. The van der Waals surface area contributed by atoms with E-state index in [1.807, 2.05) is 0 Å². The number of nitrogens with zero attached hydrogens (tertiary/aromatic N) is 4. The predicted octanol–water partition coefficient (Wildman–Crippen LogP) is 21.3. The lowest BCUT2D eigenvalue weighted by Gasteiger charge is -2.15. The van der Waals surface area contributed by atoms with Gasteiger partial charge in [0.2, 0.25) is 0 Å². The van der Waals surface area contributed by atoms with Crippen LogP contribution in [0.15, 0.2) is 267 Å². The summed E-state index contributed by atoms with van der Waals surface area (Å²) in [7, 11) is 0. The molecule has 0 radical (unpaired) electrons. The van der Waals surface area contributed by atoms with Gasteiger partial charge in [0.05, 0.1) is 11.0 Å². The van der Waals surface area contributed by atoms with Crippen LogP contribution in [0.2, 0.25) is 0 Å². The molecule has 0 amide bonds. The zero-order valence-electron chi connectivity index (χ0n) is 46.2. The predicted molar refractivity (Wildman–Crippen MR) is 351 cm³/mol. The molecule has 2 aliphatic carbocycles. The van der Waals surface area contributed by atoms with E-state index < -0.39 is 0 Å². The van der Waals surface area contributed by atoms with Crippen LogP contribution in [0.1, 0.15) is 48.9 Å². The third kappa shape index (κ3) is 7.53. The van der Waals surface area contributed by atoms with Crippen LogP contribution < -0.4 is 0 Å². The van der Waals surface area contributed by atoms with Crippen LogP contribution in [-0.2, 0) is 0 Å². The normalized spacial score (nSPS) is 13.7. The highest BCUT2D eigenvalue weighted by atomic mass is 15.2. The quantitative estimate of drug-likeness (QED) is 0.144. The summed E-state index contributed by atoms with van der Waals surface area (Å²) in [5, 5.41) is 26.0. The Morgan fingerprint density at radius 1 is 0.250 bits per heavy atom. The van der Waals surface area contributed by atoms with Crippen molar-refractivity contribution in [2.45, 2.75) is 37.5 Å². The molecule has 2 aliphatic rings. The van der Waals surface area contributed by atoms with Gasteiger partial charge >= 0.3 is 0 Å². The number of pyridine rings is 2. The second-order valence-corrected chi connectivity index (χ2v) is 23.5. The molecule has 84 heavy (non-hydrogen) atoms. The maximum absolute atomic E-state index is 5.65. The zero-order chi connectivity index (χ0) is 55.0. The minimum Gasteiger partial charge on any atom is -0.236 e. The Hall–Kier alpha value is -10.4. The fourth-order valence-electron chi connectivity index (χ4n) is 14.0. The summed E-state index contributed by atoms with van der Waals surface area (Å²) in [5.74, 6) is 1.01. The Morgan fingerprint density at radius 3 is 1.33 bits per heavy atom. The molecule has 4 aromatic heterocycles. The molecular weight excluding hydrogens is 1020 g/mol. The fraction of sp³-hybridized carbons (Fsp3) is 0.0750. The molecule has 4 heteroatoms. The second kappa shape index (κ2) is 18.6. The van der Waals surface area contributed by atoms with Crippen LogP contribution in [0.4, 0.5) is 0 Å². The summed E-state index contributed by atoms with van der Waals surface area (Å²) in [5.41, 5.74) is 21.1. The Balaban J connectivity index is 0.770. The first kappa shape index (κ1) is 47.2. The standard InChI is InChI=1S/C80H54N4/c1-2-16-55-44-60(39-30-49(55)14-1)76-78(82-84-74(53-35-36-53)48-59-18-5-8-25-68(59)80(76)84)62-22-11-20-57(46-62)66-42-43-72(71-27-10-9-26-69(66)71)70-29-13-21-56-45-61(40-41-65(56)70)75-77(81-83-73(52-33-34-52)47-58-17-4-7-24-67(58)79(75)83)54-37-31-51(32-38-54)64-28-12-19-50-15-3-6-23-63(50)64/h1-32,37-48,52-53H,33-36H2. The number of aromatic nitrogens is 4. The van der Waals surface area contributed by atoms with E-state index in [9.17, 15) is 0 Å². The van der Waals surface area contributed by atoms with Crippen molar-refractivity contribution < 1.29 is 0 Å². The summed E-state index contributed by atoms with van der Waals surface area (Å²) < 4.78 is 4.58. The molecule has 4 heterocycles. The summed E-state index contributed by atoms with van der Waals surface area (Å²) >= 11 is 0. The van der Waals surface area contributed by atoms with E-state index in [-0.39, 0.29) is 0 Å². The molecule has 0 atom stereocenters. The van der Waals surface area contributed by atoms with Crippen molar-refractivity contribution >= 4 is 75.7 Å². The van der Waals surface area contributed by atoms with E-state index >= 15 is 0 Å². The lowest BCUT2D eigenvalue weighted by atomic mass is 9.88.